The molecule has 22 heavy (non-hydrogen) atoms. The van der Waals surface area contributed by atoms with Gasteiger partial charge in [-0.3, -0.25) is 0 Å². The van der Waals surface area contributed by atoms with E-state index in [1.54, 1.807) is 18.2 Å². The van der Waals surface area contributed by atoms with Crippen molar-refractivity contribution in [3.8, 4) is 0 Å². The molecule has 7 heteroatoms. The number of urea groups is 1. The van der Waals surface area contributed by atoms with Gasteiger partial charge in [0.25, 0.3) is 0 Å². The molecule has 0 saturated carbocycles. The zero-order valence-electron chi connectivity index (χ0n) is 12.7. The lowest BCUT2D eigenvalue weighted by atomic mass is 10.1. The van der Waals surface area contributed by atoms with E-state index >= 15 is 0 Å². The van der Waals surface area contributed by atoms with Crippen molar-refractivity contribution >= 4 is 17.7 Å². The summed E-state index contributed by atoms with van der Waals surface area (Å²) in [4.78, 5) is 23.4. The average Bonchev–Trinajstić information content (AvgIpc) is 2.55. The van der Waals surface area contributed by atoms with Gasteiger partial charge < -0.3 is 24.8 Å². The van der Waals surface area contributed by atoms with E-state index in [0.29, 0.717) is 37.6 Å². The predicted octanol–water partition coefficient (Wildman–Crippen LogP) is 1.32. The van der Waals surface area contributed by atoms with Gasteiger partial charge in [-0.25, -0.2) is 9.59 Å². The second kappa shape index (κ2) is 7.77. The van der Waals surface area contributed by atoms with Crippen LogP contribution in [0.3, 0.4) is 0 Å². The molecule has 2 N–H and O–H groups in total. The van der Waals surface area contributed by atoms with Crippen molar-refractivity contribution in [2.75, 3.05) is 38.8 Å². The number of rotatable bonds is 4. The number of hydrogen-bond acceptors (Lipinski definition) is 5. The third-order valence-corrected chi connectivity index (χ3v) is 3.28. The van der Waals surface area contributed by atoms with Crippen LogP contribution in [-0.2, 0) is 14.2 Å². The summed E-state index contributed by atoms with van der Waals surface area (Å²) in [6, 6.07) is 4.62. The summed E-state index contributed by atoms with van der Waals surface area (Å²) >= 11 is 0. The average molecular weight is 308 g/mol. The fourth-order valence-electron chi connectivity index (χ4n) is 2.03. The highest BCUT2D eigenvalue weighted by Gasteiger charge is 2.16. The minimum absolute atomic E-state index is 0.137. The number of amides is 2. The Labute approximate surface area is 128 Å². The van der Waals surface area contributed by atoms with Crippen LogP contribution in [0.2, 0.25) is 0 Å². The van der Waals surface area contributed by atoms with Crippen LogP contribution in [0.1, 0.15) is 15.9 Å². The van der Waals surface area contributed by atoms with Crippen LogP contribution in [0.4, 0.5) is 10.5 Å². The molecule has 1 fully saturated rings. The summed E-state index contributed by atoms with van der Waals surface area (Å²) in [6.07, 6.45) is -0.137. The summed E-state index contributed by atoms with van der Waals surface area (Å²) in [5.74, 6) is -0.448. The molecule has 0 aliphatic carbocycles. The molecule has 1 atom stereocenters. The van der Waals surface area contributed by atoms with E-state index in [-0.39, 0.29) is 12.1 Å². The van der Waals surface area contributed by atoms with E-state index in [2.05, 4.69) is 15.4 Å². The van der Waals surface area contributed by atoms with Crippen LogP contribution < -0.4 is 10.6 Å². The number of ether oxygens (including phenoxy) is 3. The number of carbonyl (C=O) groups is 2. The van der Waals surface area contributed by atoms with Gasteiger partial charge in [0.15, 0.2) is 0 Å². The molecule has 1 aromatic rings. The topological polar surface area (TPSA) is 85.9 Å². The van der Waals surface area contributed by atoms with Gasteiger partial charge in [0.2, 0.25) is 0 Å². The van der Waals surface area contributed by atoms with Crippen molar-refractivity contribution in [1.82, 2.24) is 5.32 Å². The molecule has 1 heterocycles. The number of esters is 1. The summed E-state index contributed by atoms with van der Waals surface area (Å²) < 4.78 is 15.4. The van der Waals surface area contributed by atoms with Crippen LogP contribution in [-0.4, -0.2) is 51.6 Å². The van der Waals surface area contributed by atoms with E-state index in [1.807, 2.05) is 6.92 Å². The van der Waals surface area contributed by atoms with E-state index in [9.17, 15) is 9.59 Å². The Morgan fingerprint density at radius 3 is 2.86 bits per heavy atom. The molecule has 0 bridgehead atoms. The number of nitrogens with one attached hydrogen (secondary N) is 2. The first-order valence-electron chi connectivity index (χ1n) is 7.03. The molecule has 2 rings (SSSR count). The molecule has 120 valence electrons. The lowest BCUT2D eigenvalue weighted by molar-refractivity contribution is -0.0852. The largest absolute Gasteiger partial charge is 0.465 e. The lowest BCUT2D eigenvalue weighted by Gasteiger charge is -2.23. The smallest absolute Gasteiger partial charge is 0.337 e. The molecule has 1 aromatic carbocycles. The van der Waals surface area contributed by atoms with Gasteiger partial charge in [-0.2, -0.15) is 0 Å². The molecule has 0 radical (unpaired) electrons. The maximum Gasteiger partial charge on any atom is 0.337 e. The highest BCUT2D eigenvalue weighted by Crippen LogP contribution is 2.17. The Morgan fingerprint density at radius 2 is 2.18 bits per heavy atom. The third kappa shape index (κ3) is 4.44. The third-order valence-electron chi connectivity index (χ3n) is 3.28. The van der Waals surface area contributed by atoms with Gasteiger partial charge in [0.1, 0.15) is 0 Å². The normalized spacial score (nSPS) is 17.6. The first-order chi connectivity index (χ1) is 10.6. The Balaban J connectivity index is 1.91. The number of anilines is 1. The van der Waals surface area contributed by atoms with Gasteiger partial charge in [0, 0.05) is 12.2 Å². The molecule has 1 aliphatic rings. The standard InChI is InChI=1S/C15H20N2O5/c1-10-3-4-11(14(18)20-2)7-13(10)17-15(19)16-8-12-9-21-5-6-22-12/h3-4,7,12H,5-6,8-9H2,1-2H3,(H2,16,17,19). The van der Waals surface area contributed by atoms with Crippen LogP contribution in [0, 0.1) is 6.92 Å². The second-order valence-electron chi connectivity index (χ2n) is 4.92. The summed E-state index contributed by atoms with van der Waals surface area (Å²) in [5.41, 5.74) is 1.79. The molecule has 1 saturated heterocycles. The van der Waals surface area contributed by atoms with Crippen LogP contribution >= 0.6 is 0 Å². The van der Waals surface area contributed by atoms with Crippen LogP contribution in [0.25, 0.3) is 0 Å². The van der Waals surface area contributed by atoms with Crippen LogP contribution in [0.5, 0.6) is 0 Å². The molecule has 0 aromatic heterocycles. The minimum Gasteiger partial charge on any atom is -0.465 e. The Morgan fingerprint density at radius 1 is 1.36 bits per heavy atom. The Bertz CT molecular complexity index is 541. The molecule has 7 nitrogen and oxygen atoms in total. The monoisotopic (exact) mass is 308 g/mol. The van der Waals surface area contributed by atoms with E-state index in [4.69, 9.17) is 9.47 Å². The highest BCUT2D eigenvalue weighted by molar-refractivity contribution is 5.94. The van der Waals surface area contributed by atoms with Gasteiger partial charge in [-0.1, -0.05) is 6.07 Å². The SMILES string of the molecule is COC(=O)c1ccc(C)c(NC(=O)NCC2COCCO2)c1. The molecule has 1 aliphatic heterocycles. The minimum atomic E-state index is -0.448. The van der Waals surface area contributed by atoms with Gasteiger partial charge in [-0.15, -0.1) is 0 Å². The number of methoxy groups -OCH3 is 1. The Kier molecular flexibility index (Phi) is 5.74. The van der Waals surface area contributed by atoms with Crippen molar-refractivity contribution in [2.45, 2.75) is 13.0 Å². The van der Waals surface area contributed by atoms with E-state index < -0.39 is 5.97 Å². The molecule has 1 unspecified atom stereocenters. The second-order valence-corrected chi connectivity index (χ2v) is 4.92. The van der Waals surface area contributed by atoms with Crippen molar-refractivity contribution in [1.29, 1.82) is 0 Å². The number of benzene rings is 1. The van der Waals surface area contributed by atoms with Crippen molar-refractivity contribution < 1.29 is 23.8 Å². The molecule has 0 spiro atoms. The summed E-state index contributed by atoms with van der Waals surface area (Å²) in [6.45, 7) is 3.80. The fourth-order valence-corrected chi connectivity index (χ4v) is 2.03. The Hall–Kier alpha value is -2.12. The number of aryl methyl sites for hydroxylation is 1. The van der Waals surface area contributed by atoms with Crippen molar-refractivity contribution in [2.24, 2.45) is 0 Å². The number of hydrogen-bond donors (Lipinski definition) is 2. The van der Waals surface area contributed by atoms with Gasteiger partial charge in [0.05, 0.1) is 38.6 Å². The number of carbonyl (C=O) groups excluding carboxylic acids is 2. The van der Waals surface area contributed by atoms with Crippen LogP contribution in [0.15, 0.2) is 18.2 Å². The fraction of sp³-hybridized carbons (Fsp3) is 0.467. The first kappa shape index (κ1) is 16.3. The zero-order chi connectivity index (χ0) is 15.9. The highest BCUT2D eigenvalue weighted by atomic mass is 16.6. The van der Waals surface area contributed by atoms with Crippen molar-refractivity contribution in [3.63, 3.8) is 0 Å². The van der Waals surface area contributed by atoms with Gasteiger partial charge >= 0.3 is 12.0 Å². The summed E-state index contributed by atoms with van der Waals surface area (Å²) in [5, 5.41) is 5.43. The molecular formula is C15H20N2O5. The molecular weight excluding hydrogens is 288 g/mol. The van der Waals surface area contributed by atoms with E-state index in [1.165, 1.54) is 7.11 Å². The van der Waals surface area contributed by atoms with Crippen molar-refractivity contribution in [3.05, 3.63) is 29.3 Å². The zero-order valence-corrected chi connectivity index (χ0v) is 12.7. The molecule has 2 amide bonds. The quantitative estimate of drug-likeness (QED) is 0.819. The lowest BCUT2D eigenvalue weighted by Crippen LogP contribution is -2.41. The van der Waals surface area contributed by atoms with E-state index in [0.717, 1.165) is 5.56 Å². The maximum absolute atomic E-state index is 11.9. The summed E-state index contributed by atoms with van der Waals surface area (Å²) in [7, 11) is 1.31. The maximum atomic E-state index is 11.9. The van der Waals surface area contributed by atoms with Gasteiger partial charge in [-0.05, 0) is 24.6 Å². The predicted molar refractivity (Wildman–Crippen MR) is 80.1 cm³/mol. The first-order valence-corrected chi connectivity index (χ1v) is 7.03.